The Bertz CT molecular complexity index is 655. The molecule has 24 heavy (non-hydrogen) atoms. The van der Waals surface area contributed by atoms with Crippen LogP contribution in [0.2, 0.25) is 5.02 Å². The molecule has 2 nitrogen and oxygen atoms in total. The van der Waals surface area contributed by atoms with E-state index < -0.39 is 17.5 Å². The molecular weight excluding hydrogens is 332 g/mol. The molecule has 1 N–H and O–H groups in total. The van der Waals surface area contributed by atoms with E-state index in [4.69, 9.17) is 11.6 Å². The molecule has 0 aliphatic heterocycles. The molecule has 130 valence electrons. The number of amides is 1. The summed E-state index contributed by atoms with van der Waals surface area (Å²) in [4.78, 5) is 12.5. The first-order valence-corrected chi connectivity index (χ1v) is 9.19. The molecule has 0 heterocycles. The summed E-state index contributed by atoms with van der Waals surface area (Å²) in [5, 5.41) is 2.98. The molecule has 5 heteroatoms. The Morgan fingerprint density at radius 3 is 2.17 bits per heavy atom. The molecule has 4 bridgehead atoms. The molecule has 0 saturated heterocycles. The number of benzene rings is 1. The summed E-state index contributed by atoms with van der Waals surface area (Å²) in [5.74, 6) is -0.118. The molecule has 1 aromatic carbocycles. The molecule has 4 aliphatic rings. The summed E-state index contributed by atoms with van der Waals surface area (Å²) in [6.45, 7) is 2.05. The SMILES string of the molecule is C[C@@H](NC(=O)c1cc(F)c(F)cc1Cl)C12CC3CC(CC(C3)C1)C2. The maximum atomic E-state index is 13.5. The van der Waals surface area contributed by atoms with E-state index in [1.165, 1.54) is 38.5 Å². The van der Waals surface area contributed by atoms with Gasteiger partial charge in [0, 0.05) is 6.04 Å². The maximum absolute atomic E-state index is 13.5. The van der Waals surface area contributed by atoms with Crippen LogP contribution in [0, 0.1) is 34.8 Å². The Morgan fingerprint density at radius 2 is 1.62 bits per heavy atom. The van der Waals surface area contributed by atoms with Gasteiger partial charge in [-0.2, -0.15) is 0 Å². The van der Waals surface area contributed by atoms with Gasteiger partial charge in [0.05, 0.1) is 10.6 Å². The van der Waals surface area contributed by atoms with Gasteiger partial charge in [0.25, 0.3) is 5.91 Å². The lowest BCUT2D eigenvalue weighted by Gasteiger charge is -2.59. The normalized spacial score (nSPS) is 35.1. The molecule has 0 unspecified atom stereocenters. The zero-order valence-electron chi connectivity index (χ0n) is 13.7. The van der Waals surface area contributed by atoms with E-state index in [2.05, 4.69) is 12.2 Å². The van der Waals surface area contributed by atoms with Crippen molar-refractivity contribution in [3.05, 3.63) is 34.4 Å². The molecule has 5 rings (SSSR count). The summed E-state index contributed by atoms with van der Waals surface area (Å²) in [7, 11) is 0. The smallest absolute Gasteiger partial charge is 0.253 e. The quantitative estimate of drug-likeness (QED) is 0.765. The maximum Gasteiger partial charge on any atom is 0.253 e. The second kappa shape index (κ2) is 5.69. The van der Waals surface area contributed by atoms with Crippen molar-refractivity contribution in [2.45, 2.75) is 51.5 Å². The topological polar surface area (TPSA) is 29.1 Å². The van der Waals surface area contributed by atoms with E-state index >= 15 is 0 Å². The lowest BCUT2D eigenvalue weighted by molar-refractivity contribution is -0.0688. The van der Waals surface area contributed by atoms with Gasteiger partial charge in [0.1, 0.15) is 0 Å². The first-order valence-electron chi connectivity index (χ1n) is 8.82. The van der Waals surface area contributed by atoms with Gasteiger partial charge in [-0.15, -0.1) is 0 Å². The van der Waals surface area contributed by atoms with Gasteiger partial charge in [-0.05, 0) is 80.8 Å². The van der Waals surface area contributed by atoms with Crippen molar-refractivity contribution >= 4 is 17.5 Å². The Balaban J connectivity index is 1.53. The van der Waals surface area contributed by atoms with E-state index in [-0.39, 0.29) is 22.0 Å². The highest BCUT2D eigenvalue weighted by Gasteiger charge is 2.53. The molecule has 1 atom stereocenters. The number of hydrogen-bond donors (Lipinski definition) is 1. The molecule has 1 aromatic rings. The summed E-state index contributed by atoms with van der Waals surface area (Å²) in [5.41, 5.74) is 0.169. The third-order valence-corrected chi connectivity index (χ3v) is 6.92. The predicted octanol–water partition coefficient (Wildman–Crippen LogP) is 4.95. The van der Waals surface area contributed by atoms with Crippen molar-refractivity contribution in [2.24, 2.45) is 23.2 Å². The first-order chi connectivity index (χ1) is 11.4. The Hall–Kier alpha value is -1.16. The van der Waals surface area contributed by atoms with Gasteiger partial charge in [-0.25, -0.2) is 8.78 Å². The number of hydrogen-bond acceptors (Lipinski definition) is 1. The van der Waals surface area contributed by atoms with Crippen LogP contribution in [-0.4, -0.2) is 11.9 Å². The summed E-state index contributed by atoms with van der Waals surface area (Å²) in [6.07, 6.45) is 7.54. The second-order valence-corrected chi connectivity index (χ2v) is 8.63. The van der Waals surface area contributed by atoms with Crippen LogP contribution in [0.25, 0.3) is 0 Å². The third kappa shape index (κ3) is 2.63. The lowest BCUT2D eigenvalue weighted by Crippen LogP contribution is -2.55. The molecular formula is C19H22ClF2NO. The van der Waals surface area contributed by atoms with Crippen LogP contribution < -0.4 is 5.32 Å². The minimum absolute atomic E-state index is 0.00662. The fraction of sp³-hybridized carbons (Fsp3) is 0.632. The molecule has 4 saturated carbocycles. The fourth-order valence-electron chi connectivity index (χ4n) is 5.83. The number of carbonyl (C=O) groups is 1. The Kier molecular flexibility index (Phi) is 3.87. The number of rotatable bonds is 3. The summed E-state index contributed by atoms with van der Waals surface area (Å²) in [6, 6.07) is 1.77. The lowest BCUT2D eigenvalue weighted by atomic mass is 9.48. The minimum atomic E-state index is -1.05. The van der Waals surface area contributed by atoms with Gasteiger partial charge in [-0.1, -0.05) is 11.6 Å². The van der Waals surface area contributed by atoms with E-state index in [9.17, 15) is 13.6 Å². The van der Waals surface area contributed by atoms with Crippen LogP contribution in [-0.2, 0) is 0 Å². The summed E-state index contributed by atoms with van der Waals surface area (Å²) >= 11 is 5.93. The average Bonchev–Trinajstić information content (AvgIpc) is 2.49. The number of halogens is 3. The molecule has 4 fully saturated rings. The molecule has 0 radical (unpaired) electrons. The number of carbonyl (C=O) groups excluding carboxylic acids is 1. The second-order valence-electron chi connectivity index (χ2n) is 8.22. The van der Waals surface area contributed by atoms with Gasteiger partial charge in [-0.3, -0.25) is 4.79 Å². The van der Waals surface area contributed by atoms with E-state index in [0.717, 1.165) is 29.9 Å². The highest BCUT2D eigenvalue weighted by Crippen LogP contribution is 2.61. The van der Waals surface area contributed by atoms with Gasteiger partial charge < -0.3 is 5.32 Å². The zero-order valence-corrected chi connectivity index (χ0v) is 14.5. The van der Waals surface area contributed by atoms with E-state index in [1.807, 2.05) is 0 Å². The number of nitrogens with one attached hydrogen (secondary N) is 1. The highest BCUT2D eigenvalue weighted by atomic mass is 35.5. The zero-order chi connectivity index (χ0) is 17.1. The third-order valence-electron chi connectivity index (χ3n) is 6.61. The van der Waals surface area contributed by atoms with Crippen molar-refractivity contribution < 1.29 is 13.6 Å². The van der Waals surface area contributed by atoms with Crippen molar-refractivity contribution in [3.63, 3.8) is 0 Å². The van der Waals surface area contributed by atoms with Gasteiger partial charge >= 0.3 is 0 Å². The first kappa shape index (κ1) is 16.3. The summed E-state index contributed by atoms with van der Waals surface area (Å²) < 4.78 is 26.7. The monoisotopic (exact) mass is 353 g/mol. The van der Waals surface area contributed by atoms with E-state index in [1.54, 1.807) is 0 Å². The van der Waals surface area contributed by atoms with E-state index in [0.29, 0.717) is 0 Å². The Morgan fingerprint density at radius 1 is 1.12 bits per heavy atom. The van der Waals surface area contributed by atoms with Gasteiger partial charge in [0.15, 0.2) is 11.6 Å². The van der Waals surface area contributed by atoms with Crippen molar-refractivity contribution in [1.29, 1.82) is 0 Å². The van der Waals surface area contributed by atoms with Gasteiger partial charge in [0.2, 0.25) is 0 Å². The Labute approximate surface area is 146 Å². The molecule has 1 amide bonds. The van der Waals surface area contributed by atoms with Crippen LogP contribution in [0.3, 0.4) is 0 Å². The van der Waals surface area contributed by atoms with Crippen molar-refractivity contribution in [1.82, 2.24) is 5.32 Å². The predicted molar refractivity (Wildman–Crippen MR) is 88.9 cm³/mol. The van der Waals surface area contributed by atoms with Crippen molar-refractivity contribution in [3.8, 4) is 0 Å². The van der Waals surface area contributed by atoms with Crippen molar-refractivity contribution in [2.75, 3.05) is 0 Å². The van der Waals surface area contributed by atoms with Crippen LogP contribution >= 0.6 is 11.6 Å². The largest absolute Gasteiger partial charge is 0.349 e. The molecule has 4 aliphatic carbocycles. The van der Waals surface area contributed by atoms with Crippen LogP contribution in [0.5, 0.6) is 0 Å². The average molecular weight is 354 g/mol. The highest BCUT2D eigenvalue weighted by molar-refractivity contribution is 6.33. The molecule has 0 aromatic heterocycles. The molecule has 0 spiro atoms. The van der Waals surface area contributed by atoms with Crippen LogP contribution in [0.1, 0.15) is 55.8 Å². The minimum Gasteiger partial charge on any atom is -0.349 e. The van der Waals surface area contributed by atoms with Crippen LogP contribution in [0.4, 0.5) is 8.78 Å². The fourth-order valence-corrected chi connectivity index (χ4v) is 6.07. The van der Waals surface area contributed by atoms with Crippen LogP contribution in [0.15, 0.2) is 12.1 Å². The standard InChI is InChI=1S/C19H22ClF2NO/c1-10(19-7-11-2-12(8-19)4-13(3-11)9-19)23-18(24)14-5-16(21)17(22)6-15(14)20/h5-6,10-13H,2-4,7-9H2,1H3,(H,23,24)/t10-,11?,12?,13?,19?/m1/s1.